The lowest BCUT2D eigenvalue weighted by molar-refractivity contribution is 0.600. The van der Waals surface area contributed by atoms with Gasteiger partial charge < -0.3 is 4.57 Å². The normalized spacial score (nSPS) is 11.7. The van der Waals surface area contributed by atoms with Crippen LogP contribution < -0.4 is 4.72 Å². The maximum Gasteiger partial charge on any atom is 0.262 e. The number of benzene rings is 3. The Balaban J connectivity index is 1.45. The summed E-state index contributed by atoms with van der Waals surface area (Å²) in [4.78, 5) is 5.00. The van der Waals surface area contributed by atoms with Crippen molar-refractivity contribution in [3.63, 3.8) is 0 Å². The van der Waals surface area contributed by atoms with Crippen LogP contribution in [0.25, 0.3) is 11.0 Å². The standard InChI is InChI=1S/C23H23N3O2S/c1-17-7-3-6-10-22(17)29(27,28)25-19-14-11-18(12-15-19)13-16-23-24-20-8-4-5-9-21(20)26(23)2/h3-12,14-15,25H,13,16H2,1-2H3. The highest BCUT2D eigenvalue weighted by Gasteiger charge is 2.16. The van der Waals surface area contributed by atoms with E-state index >= 15 is 0 Å². The summed E-state index contributed by atoms with van der Waals surface area (Å²) in [6.07, 6.45) is 1.65. The average Bonchev–Trinajstić information content (AvgIpc) is 3.03. The molecule has 0 atom stereocenters. The van der Waals surface area contributed by atoms with Crippen molar-refractivity contribution in [2.75, 3.05) is 4.72 Å². The minimum absolute atomic E-state index is 0.297. The summed E-state index contributed by atoms with van der Waals surface area (Å²) in [5.74, 6) is 1.04. The van der Waals surface area contributed by atoms with E-state index in [4.69, 9.17) is 4.98 Å². The van der Waals surface area contributed by atoms with Crippen molar-refractivity contribution in [1.29, 1.82) is 0 Å². The number of anilines is 1. The number of para-hydroxylation sites is 2. The van der Waals surface area contributed by atoms with Crippen molar-refractivity contribution in [3.8, 4) is 0 Å². The first kappa shape index (κ1) is 19.2. The molecule has 0 unspecified atom stereocenters. The van der Waals surface area contributed by atoms with E-state index in [1.807, 2.05) is 43.4 Å². The maximum atomic E-state index is 12.6. The van der Waals surface area contributed by atoms with E-state index in [1.54, 1.807) is 37.3 Å². The van der Waals surface area contributed by atoms with Gasteiger partial charge in [0.25, 0.3) is 10.0 Å². The lowest BCUT2D eigenvalue weighted by atomic mass is 10.1. The van der Waals surface area contributed by atoms with E-state index in [9.17, 15) is 8.42 Å². The molecule has 3 aromatic carbocycles. The molecule has 0 bridgehead atoms. The van der Waals surface area contributed by atoms with Gasteiger partial charge in [-0.1, -0.05) is 42.5 Å². The molecule has 0 aliphatic rings. The minimum atomic E-state index is -3.60. The Kier molecular flexibility index (Phi) is 5.11. The Hall–Kier alpha value is -3.12. The molecule has 1 N–H and O–H groups in total. The molecule has 0 saturated carbocycles. The fourth-order valence-electron chi connectivity index (χ4n) is 3.48. The lowest BCUT2D eigenvalue weighted by Crippen LogP contribution is -2.14. The third-order valence-corrected chi connectivity index (χ3v) is 6.65. The first-order chi connectivity index (χ1) is 13.9. The Morgan fingerprint density at radius 3 is 2.31 bits per heavy atom. The molecule has 0 spiro atoms. The van der Waals surface area contributed by atoms with Crippen molar-refractivity contribution >= 4 is 26.7 Å². The highest BCUT2D eigenvalue weighted by Crippen LogP contribution is 2.20. The van der Waals surface area contributed by atoms with E-state index < -0.39 is 10.0 Å². The number of aromatic nitrogens is 2. The van der Waals surface area contributed by atoms with Gasteiger partial charge in [-0.25, -0.2) is 13.4 Å². The van der Waals surface area contributed by atoms with E-state index in [0.29, 0.717) is 10.6 Å². The lowest BCUT2D eigenvalue weighted by Gasteiger charge is -2.11. The van der Waals surface area contributed by atoms with Gasteiger partial charge in [0.1, 0.15) is 5.82 Å². The highest BCUT2D eigenvalue weighted by atomic mass is 32.2. The second-order valence-electron chi connectivity index (χ2n) is 7.14. The van der Waals surface area contributed by atoms with Crippen LogP contribution >= 0.6 is 0 Å². The molecular weight excluding hydrogens is 382 g/mol. The van der Waals surface area contributed by atoms with Crippen LogP contribution in [0.2, 0.25) is 0 Å². The largest absolute Gasteiger partial charge is 0.331 e. The number of nitrogens with one attached hydrogen (secondary N) is 1. The summed E-state index contributed by atoms with van der Waals surface area (Å²) in [6, 6.07) is 22.6. The van der Waals surface area contributed by atoms with Crippen molar-refractivity contribution in [3.05, 3.63) is 89.7 Å². The minimum Gasteiger partial charge on any atom is -0.331 e. The topological polar surface area (TPSA) is 64.0 Å². The van der Waals surface area contributed by atoms with Crippen LogP contribution in [0.1, 0.15) is 17.0 Å². The number of aryl methyl sites for hydroxylation is 4. The first-order valence-corrected chi connectivity index (χ1v) is 11.0. The third kappa shape index (κ3) is 4.03. The summed E-state index contributed by atoms with van der Waals surface area (Å²) < 4.78 is 30.0. The van der Waals surface area contributed by atoms with E-state index in [2.05, 4.69) is 15.4 Å². The molecule has 29 heavy (non-hydrogen) atoms. The molecule has 0 fully saturated rings. The van der Waals surface area contributed by atoms with E-state index in [0.717, 1.165) is 40.8 Å². The monoisotopic (exact) mass is 405 g/mol. The van der Waals surface area contributed by atoms with Gasteiger partial charge in [0.05, 0.1) is 15.9 Å². The zero-order valence-electron chi connectivity index (χ0n) is 16.5. The summed E-state index contributed by atoms with van der Waals surface area (Å²) >= 11 is 0. The summed E-state index contributed by atoms with van der Waals surface area (Å²) in [5.41, 5.74) is 4.55. The van der Waals surface area contributed by atoms with Crippen molar-refractivity contribution in [2.24, 2.45) is 7.05 Å². The fourth-order valence-corrected chi connectivity index (χ4v) is 4.79. The van der Waals surface area contributed by atoms with Crippen molar-refractivity contribution < 1.29 is 8.42 Å². The van der Waals surface area contributed by atoms with Crippen molar-refractivity contribution in [1.82, 2.24) is 9.55 Å². The second-order valence-corrected chi connectivity index (χ2v) is 8.79. The number of hydrogen-bond acceptors (Lipinski definition) is 3. The molecule has 148 valence electrons. The number of imidazole rings is 1. The zero-order valence-corrected chi connectivity index (χ0v) is 17.3. The number of rotatable bonds is 6. The van der Waals surface area contributed by atoms with Gasteiger partial charge in [0, 0.05) is 19.2 Å². The Morgan fingerprint density at radius 1 is 0.897 bits per heavy atom. The molecule has 6 heteroatoms. The molecule has 0 aliphatic heterocycles. The number of hydrogen-bond donors (Lipinski definition) is 1. The van der Waals surface area contributed by atoms with Crippen LogP contribution in [0.15, 0.2) is 77.7 Å². The third-order valence-electron chi connectivity index (χ3n) is 5.11. The molecule has 1 heterocycles. The van der Waals surface area contributed by atoms with Gasteiger partial charge in [-0.3, -0.25) is 4.72 Å². The Labute approximate surface area is 171 Å². The van der Waals surface area contributed by atoms with Crippen LogP contribution in [0.3, 0.4) is 0 Å². The summed E-state index contributed by atoms with van der Waals surface area (Å²) in [5, 5.41) is 0. The Bertz CT molecular complexity index is 1260. The van der Waals surface area contributed by atoms with Crippen LogP contribution in [-0.4, -0.2) is 18.0 Å². The van der Waals surface area contributed by atoms with Gasteiger partial charge in [-0.05, 0) is 54.8 Å². The van der Waals surface area contributed by atoms with Gasteiger partial charge in [-0.2, -0.15) is 0 Å². The van der Waals surface area contributed by atoms with Gasteiger partial charge in [-0.15, -0.1) is 0 Å². The molecule has 0 amide bonds. The molecule has 4 aromatic rings. The Morgan fingerprint density at radius 2 is 1.59 bits per heavy atom. The van der Waals surface area contributed by atoms with Crippen LogP contribution in [0.5, 0.6) is 0 Å². The van der Waals surface area contributed by atoms with Gasteiger partial charge in [0.2, 0.25) is 0 Å². The molecular formula is C23H23N3O2S. The SMILES string of the molecule is Cc1ccccc1S(=O)(=O)Nc1ccc(CCc2nc3ccccc3n2C)cc1. The molecule has 5 nitrogen and oxygen atoms in total. The quantitative estimate of drug-likeness (QED) is 0.515. The van der Waals surface area contributed by atoms with Gasteiger partial charge >= 0.3 is 0 Å². The number of fused-ring (bicyclic) bond motifs is 1. The predicted octanol–water partition coefficient (Wildman–Crippen LogP) is 4.47. The maximum absolute atomic E-state index is 12.6. The van der Waals surface area contributed by atoms with Crippen molar-refractivity contribution in [2.45, 2.75) is 24.7 Å². The molecule has 0 aliphatic carbocycles. The zero-order chi connectivity index (χ0) is 20.4. The molecule has 4 rings (SSSR count). The van der Waals surface area contributed by atoms with E-state index in [-0.39, 0.29) is 0 Å². The smallest absolute Gasteiger partial charge is 0.262 e. The number of sulfonamides is 1. The van der Waals surface area contributed by atoms with Crippen LogP contribution in [0, 0.1) is 6.92 Å². The van der Waals surface area contributed by atoms with Crippen LogP contribution in [0.4, 0.5) is 5.69 Å². The molecule has 1 aromatic heterocycles. The van der Waals surface area contributed by atoms with Crippen LogP contribution in [-0.2, 0) is 29.9 Å². The average molecular weight is 406 g/mol. The second kappa shape index (κ2) is 7.72. The fraction of sp³-hybridized carbons (Fsp3) is 0.174. The summed E-state index contributed by atoms with van der Waals surface area (Å²) in [6.45, 7) is 1.79. The molecule has 0 radical (unpaired) electrons. The first-order valence-electron chi connectivity index (χ1n) is 9.52. The van der Waals surface area contributed by atoms with Gasteiger partial charge in [0.15, 0.2) is 0 Å². The highest BCUT2D eigenvalue weighted by molar-refractivity contribution is 7.92. The van der Waals surface area contributed by atoms with E-state index in [1.165, 1.54) is 0 Å². The summed E-state index contributed by atoms with van der Waals surface area (Å²) in [7, 11) is -1.56. The number of nitrogens with zero attached hydrogens (tertiary/aromatic N) is 2. The predicted molar refractivity (Wildman–Crippen MR) is 117 cm³/mol. The molecule has 0 saturated heterocycles.